The van der Waals surface area contributed by atoms with Gasteiger partial charge in [-0.05, 0) is 26.8 Å². The standard InChI is InChI=1S/C16H22N4O2S2/c1-4-20-11(2)9-13(12(20)3)14(21)10-23-16-18-17-15(24-16)19-5-7-22-8-6-19/h9H,4-8,10H2,1-3H3. The second-order valence-corrected chi connectivity index (χ2v) is 7.87. The molecule has 0 bridgehead atoms. The van der Waals surface area contributed by atoms with E-state index in [1.165, 1.54) is 11.8 Å². The molecule has 0 N–H and O–H groups in total. The van der Waals surface area contributed by atoms with Gasteiger partial charge in [0.25, 0.3) is 0 Å². The largest absolute Gasteiger partial charge is 0.378 e. The van der Waals surface area contributed by atoms with Gasteiger partial charge in [-0.3, -0.25) is 4.79 Å². The summed E-state index contributed by atoms with van der Waals surface area (Å²) in [4.78, 5) is 14.7. The zero-order valence-corrected chi connectivity index (χ0v) is 15.9. The number of rotatable bonds is 6. The van der Waals surface area contributed by atoms with Gasteiger partial charge in [-0.15, -0.1) is 10.2 Å². The van der Waals surface area contributed by atoms with Crippen molar-refractivity contribution >= 4 is 34.0 Å². The number of carbonyl (C=O) groups excluding carboxylic acids is 1. The molecule has 1 fully saturated rings. The Kier molecular flexibility index (Phi) is 5.57. The summed E-state index contributed by atoms with van der Waals surface area (Å²) in [6.07, 6.45) is 0. The van der Waals surface area contributed by atoms with Crippen LogP contribution < -0.4 is 4.90 Å². The lowest BCUT2D eigenvalue weighted by Gasteiger charge is -2.25. The lowest BCUT2D eigenvalue weighted by Crippen LogP contribution is -2.36. The minimum atomic E-state index is 0.149. The molecule has 6 nitrogen and oxygen atoms in total. The van der Waals surface area contributed by atoms with Crippen molar-refractivity contribution in [3.63, 3.8) is 0 Å². The van der Waals surface area contributed by atoms with Crippen molar-refractivity contribution in [2.24, 2.45) is 0 Å². The molecule has 0 atom stereocenters. The highest BCUT2D eigenvalue weighted by molar-refractivity contribution is 8.01. The number of nitrogens with zero attached hydrogens (tertiary/aromatic N) is 4. The topological polar surface area (TPSA) is 60.2 Å². The third-order valence-electron chi connectivity index (χ3n) is 4.19. The Hall–Kier alpha value is -1.38. The maximum absolute atomic E-state index is 12.5. The van der Waals surface area contributed by atoms with Gasteiger partial charge < -0.3 is 14.2 Å². The molecule has 1 aliphatic heterocycles. The van der Waals surface area contributed by atoms with Gasteiger partial charge in [0.1, 0.15) is 0 Å². The second kappa shape index (κ2) is 7.67. The van der Waals surface area contributed by atoms with Crippen LogP contribution in [0.2, 0.25) is 0 Å². The Labute approximate surface area is 150 Å². The number of aromatic nitrogens is 3. The first-order valence-corrected chi connectivity index (χ1v) is 9.89. The van der Waals surface area contributed by atoms with Crippen molar-refractivity contribution in [3.8, 4) is 0 Å². The van der Waals surface area contributed by atoms with E-state index in [0.717, 1.165) is 59.3 Å². The maximum Gasteiger partial charge on any atom is 0.209 e. The summed E-state index contributed by atoms with van der Waals surface area (Å²) in [6.45, 7) is 10.2. The van der Waals surface area contributed by atoms with Gasteiger partial charge >= 0.3 is 0 Å². The smallest absolute Gasteiger partial charge is 0.209 e. The summed E-state index contributed by atoms with van der Waals surface area (Å²) in [5, 5.41) is 9.37. The van der Waals surface area contributed by atoms with Crippen LogP contribution >= 0.6 is 23.1 Å². The number of Topliss-reactive ketones (excluding diaryl/α,β-unsaturated/α-hetero) is 1. The molecule has 3 heterocycles. The number of morpholine rings is 1. The van der Waals surface area contributed by atoms with E-state index >= 15 is 0 Å². The summed E-state index contributed by atoms with van der Waals surface area (Å²) in [5.74, 6) is 0.544. The van der Waals surface area contributed by atoms with Gasteiger partial charge in [-0.2, -0.15) is 0 Å². The van der Waals surface area contributed by atoms with Crippen LogP contribution in [-0.4, -0.2) is 52.6 Å². The van der Waals surface area contributed by atoms with Crippen molar-refractivity contribution < 1.29 is 9.53 Å². The third kappa shape index (κ3) is 3.65. The molecule has 0 radical (unpaired) electrons. The van der Waals surface area contributed by atoms with Crippen LogP contribution in [0.4, 0.5) is 5.13 Å². The van der Waals surface area contributed by atoms with Crippen LogP contribution in [0.5, 0.6) is 0 Å². The van der Waals surface area contributed by atoms with Gasteiger partial charge in [0, 0.05) is 36.6 Å². The zero-order chi connectivity index (χ0) is 17.1. The molecule has 0 spiro atoms. The number of carbonyl (C=O) groups is 1. The van der Waals surface area contributed by atoms with Crippen LogP contribution in [0.15, 0.2) is 10.4 Å². The van der Waals surface area contributed by atoms with E-state index in [4.69, 9.17) is 4.74 Å². The van der Waals surface area contributed by atoms with Crippen LogP contribution in [0, 0.1) is 13.8 Å². The Bertz CT molecular complexity index is 720. The molecule has 130 valence electrons. The minimum absolute atomic E-state index is 0.149. The predicted molar refractivity (Wildman–Crippen MR) is 97.6 cm³/mol. The molecular formula is C16H22N4O2S2. The van der Waals surface area contributed by atoms with Crippen molar-refractivity contribution in [1.29, 1.82) is 0 Å². The number of thioether (sulfide) groups is 1. The first-order chi connectivity index (χ1) is 11.6. The normalized spacial score (nSPS) is 15.0. The van der Waals surface area contributed by atoms with Gasteiger partial charge in [-0.25, -0.2) is 0 Å². The molecule has 1 saturated heterocycles. The molecule has 24 heavy (non-hydrogen) atoms. The highest BCUT2D eigenvalue weighted by atomic mass is 32.2. The van der Waals surface area contributed by atoms with Crippen LogP contribution in [0.3, 0.4) is 0 Å². The van der Waals surface area contributed by atoms with E-state index in [0.29, 0.717) is 5.75 Å². The molecule has 3 rings (SSSR count). The SMILES string of the molecule is CCn1c(C)cc(C(=O)CSc2nnc(N3CCOCC3)s2)c1C. The van der Waals surface area contributed by atoms with E-state index < -0.39 is 0 Å². The summed E-state index contributed by atoms with van der Waals surface area (Å²) >= 11 is 3.02. The second-order valence-electron chi connectivity index (χ2n) is 5.69. The fourth-order valence-electron chi connectivity index (χ4n) is 2.92. The lowest BCUT2D eigenvalue weighted by molar-refractivity contribution is 0.102. The zero-order valence-electron chi connectivity index (χ0n) is 14.2. The minimum Gasteiger partial charge on any atom is -0.378 e. The van der Waals surface area contributed by atoms with Gasteiger partial charge in [0.15, 0.2) is 10.1 Å². The molecule has 0 unspecified atom stereocenters. The highest BCUT2D eigenvalue weighted by Gasteiger charge is 2.18. The summed E-state index contributed by atoms with van der Waals surface area (Å²) in [7, 11) is 0. The highest BCUT2D eigenvalue weighted by Crippen LogP contribution is 2.29. The number of hydrogen-bond acceptors (Lipinski definition) is 7. The predicted octanol–water partition coefficient (Wildman–Crippen LogP) is 2.79. The maximum atomic E-state index is 12.5. The average molecular weight is 367 g/mol. The Morgan fingerprint density at radius 3 is 2.75 bits per heavy atom. The molecule has 2 aromatic heterocycles. The number of ether oxygens (including phenoxy) is 1. The van der Waals surface area contributed by atoms with E-state index in [1.807, 2.05) is 19.9 Å². The lowest BCUT2D eigenvalue weighted by atomic mass is 10.2. The molecule has 8 heteroatoms. The van der Waals surface area contributed by atoms with Gasteiger partial charge in [-0.1, -0.05) is 23.1 Å². The molecule has 0 aliphatic carbocycles. The van der Waals surface area contributed by atoms with Gasteiger partial charge in [0.2, 0.25) is 5.13 Å². The molecule has 0 aromatic carbocycles. The first-order valence-electron chi connectivity index (χ1n) is 8.09. The summed E-state index contributed by atoms with van der Waals surface area (Å²) in [6, 6.07) is 1.99. The fourth-order valence-corrected chi connectivity index (χ4v) is 4.69. The monoisotopic (exact) mass is 366 g/mol. The number of aryl methyl sites for hydroxylation is 1. The van der Waals surface area contributed by atoms with E-state index in [9.17, 15) is 4.79 Å². The summed E-state index contributed by atoms with van der Waals surface area (Å²) < 4.78 is 8.36. The number of ketones is 1. The van der Waals surface area contributed by atoms with Crippen molar-refractivity contribution in [1.82, 2.24) is 14.8 Å². The molecule has 0 amide bonds. The van der Waals surface area contributed by atoms with Crippen molar-refractivity contribution in [2.75, 3.05) is 37.0 Å². The van der Waals surface area contributed by atoms with Crippen molar-refractivity contribution in [2.45, 2.75) is 31.7 Å². The van der Waals surface area contributed by atoms with Crippen LogP contribution in [0.1, 0.15) is 28.7 Å². The average Bonchev–Trinajstić information content (AvgIpc) is 3.18. The Morgan fingerprint density at radius 2 is 2.08 bits per heavy atom. The number of anilines is 1. The van der Waals surface area contributed by atoms with Gasteiger partial charge in [0.05, 0.1) is 19.0 Å². The molecule has 1 aliphatic rings. The molecule has 0 saturated carbocycles. The Balaban J connectivity index is 1.61. The molecular weight excluding hydrogens is 344 g/mol. The van der Waals surface area contributed by atoms with E-state index in [2.05, 4.69) is 26.6 Å². The third-order valence-corrected chi connectivity index (χ3v) is 6.31. The van der Waals surface area contributed by atoms with E-state index in [1.54, 1.807) is 11.3 Å². The quantitative estimate of drug-likeness (QED) is 0.579. The molecule has 2 aromatic rings. The summed E-state index contributed by atoms with van der Waals surface area (Å²) in [5.41, 5.74) is 3.00. The van der Waals surface area contributed by atoms with Crippen LogP contribution in [-0.2, 0) is 11.3 Å². The van der Waals surface area contributed by atoms with Crippen molar-refractivity contribution in [3.05, 3.63) is 23.0 Å². The first kappa shape index (κ1) is 17.4. The number of hydrogen-bond donors (Lipinski definition) is 0. The van der Waals surface area contributed by atoms with Crippen LogP contribution in [0.25, 0.3) is 0 Å². The fraction of sp³-hybridized carbons (Fsp3) is 0.562. The van der Waals surface area contributed by atoms with E-state index in [-0.39, 0.29) is 5.78 Å². The Morgan fingerprint density at radius 1 is 1.33 bits per heavy atom.